The van der Waals surface area contributed by atoms with Gasteiger partial charge in [-0.25, -0.2) is 0 Å². The molecule has 1 saturated carbocycles. The Morgan fingerprint density at radius 1 is 1.28 bits per heavy atom. The van der Waals surface area contributed by atoms with Gasteiger partial charge < -0.3 is 10.2 Å². The van der Waals surface area contributed by atoms with Gasteiger partial charge in [-0.05, 0) is 30.9 Å². The van der Waals surface area contributed by atoms with Gasteiger partial charge in [0.05, 0.1) is 13.1 Å². The highest BCUT2D eigenvalue weighted by atomic mass is 16.3. The van der Waals surface area contributed by atoms with Crippen LogP contribution in [0.5, 0.6) is 0 Å². The third-order valence-corrected chi connectivity index (χ3v) is 3.72. The van der Waals surface area contributed by atoms with E-state index in [4.69, 9.17) is 10.2 Å². The molecule has 1 fully saturated rings. The minimum absolute atomic E-state index is 0.494. The molecule has 1 aromatic heterocycles. The zero-order valence-corrected chi connectivity index (χ0v) is 11.7. The maximum absolute atomic E-state index is 5.74. The summed E-state index contributed by atoms with van der Waals surface area (Å²) in [4.78, 5) is 2.59. The molecule has 2 N–H and O–H groups in total. The van der Waals surface area contributed by atoms with Crippen LogP contribution in [0, 0.1) is 5.92 Å². The smallest absolute Gasteiger partial charge is 0.118 e. The molecule has 18 heavy (non-hydrogen) atoms. The first-order valence-corrected chi connectivity index (χ1v) is 7.20. The van der Waals surface area contributed by atoms with E-state index in [2.05, 4.69) is 24.8 Å². The Labute approximate surface area is 110 Å². The minimum Gasteiger partial charge on any atom is -0.463 e. The van der Waals surface area contributed by atoms with Crippen LogP contribution in [-0.4, -0.2) is 17.5 Å². The Morgan fingerprint density at radius 2 is 1.94 bits per heavy atom. The van der Waals surface area contributed by atoms with Gasteiger partial charge in [0.25, 0.3) is 0 Å². The van der Waals surface area contributed by atoms with E-state index < -0.39 is 0 Å². The summed E-state index contributed by atoms with van der Waals surface area (Å²) in [6.45, 7) is 7.16. The van der Waals surface area contributed by atoms with Crippen LogP contribution in [0.15, 0.2) is 16.5 Å². The molecule has 0 aromatic carbocycles. The maximum Gasteiger partial charge on any atom is 0.118 e. The number of nitrogens with zero attached hydrogens (tertiary/aromatic N) is 1. The van der Waals surface area contributed by atoms with Crippen LogP contribution >= 0.6 is 0 Å². The lowest BCUT2D eigenvalue weighted by Crippen LogP contribution is -2.35. The predicted octanol–water partition coefficient (Wildman–Crippen LogP) is 3.14. The first-order valence-electron chi connectivity index (χ1n) is 7.20. The summed E-state index contributed by atoms with van der Waals surface area (Å²) in [7, 11) is 0. The second kappa shape index (κ2) is 6.39. The normalized spacial score (nSPS) is 17.2. The van der Waals surface area contributed by atoms with E-state index in [0.717, 1.165) is 30.7 Å². The largest absolute Gasteiger partial charge is 0.463 e. The van der Waals surface area contributed by atoms with Gasteiger partial charge in [0.1, 0.15) is 11.5 Å². The van der Waals surface area contributed by atoms with Crippen LogP contribution in [0.3, 0.4) is 0 Å². The topological polar surface area (TPSA) is 42.4 Å². The van der Waals surface area contributed by atoms with Gasteiger partial charge in [-0.2, -0.15) is 0 Å². The third kappa shape index (κ3) is 3.59. The molecule has 1 aliphatic carbocycles. The van der Waals surface area contributed by atoms with Crippen LogP contribution in [0.25, 0.3) is 0 Å². The van der Waals surface area contributed by atoms with Gasteiger partial charge in [0.2, 0.25) is 0 Å². The van der Waals surface area contributed by atoms with E-state index in [9.17, 15) is 0 Å². The fourth-order valence-corrected chi connectivity index (χ4v) is 2.90. The lowest BCUT2D eigenvalue weighted by molar-refractivity contribution is 0.155. The fraction of sp³-hybridized carbons (Fsp3) is 0.733. The number of rotatable bonds is 6. The molecule has 0 bridgehead atoms. The van der Waals surface area contributed by atoms with Crippen molar-refractivity contribution in [3.05, 3.63) is 23.7 Å². The molecule has 1 aliphatic rings. The maximum atomic E-state index is 5.74. The Kier molecular flexibility index (Phi) is 4.84. The molecule has 2 rings (SSSR count). The van der Waals surface area contributed by atoms with Crippen molar-refractivity contribution in [3.8, 4) is 0 Å². The molecule has 0 unspecified atom stereocenters. The van der Waals surface area contributed by atoms with E-state index in [0.29, 0.717) is 12.5 Å². The van der Waals surface area contributed by atoms with Gasteiger partial charge in [-0.3, -0.25) is 4.90 Å². The highest BCUT2D eigenvalue weighted by molar-refractivity contribution is 5.07. The molecule has 0 aliphatic heterocycles. The second-order valence-electron chi connectivity index (χ2n) is 5.83. The summed E-state index contributed by atoms with van der Waals surface area (Å²) in [5.74, 6) is 2.65. The number of hydrogen-bond acceptors (Lipinski definition) is 3. The molecule has 0 amide bonds. The van der Waals surface area contributed by atoms with Gasteiger partial charge in [0.15, 0.2) is 0 Å². The molecule has 3 nitrogen and oxygen atoms in total. The highest BCUT2D eigenvalue weighted by Gasteiger charge is 2.23. The first-order chi connectivity index (χ1) is 8.69. The molecule has 0 saturated heterocycles. The van der Waals surface area contributed by atoms with Gasteiger partial charge >= 0.3 is 0 Å². The first kappa shape index (κ1) is 13.6. The second-order valence-corrected chi connectivity index (χ2v) is 5.83. The van der Waals surface area contributed by atoms with Crippen LogP contribution in [0.4, 0.5) is 0 Å². The lowest BCUT2D eigenvalue weighted by Gasteiger charge is -2.29. The minimum atomic E-state index is 0.494. The molecule has 3 heteroatoms. The number of nitrogens with two attached hydrogens (primary N) is 1. The van der Waals surface area contributed by atoms with Crippen LogP contribution < -0.4 is 5.73 Å². The Bertz CT molecular complexity index is 353. The predicted molar refractivity (Wildman–Crippen MR) is 74.1 cm³/mol. The summed E-state index contributed by atoms with van der Waals surface area (Å²) >= 11 is 0. The standard InChI is InChI=1S/C15H26N2O/c1-12(2)10-17(13-5-3-4-6-13)11-15-8-7-14(9-16)18-15/h7-8,12-13H,3-6,9-11,16H2,1-2H3. The molecule has 0 radical (unpaired) electrons. The van der Waals surface area contributed by atoms with Crippen molar-refractivity contribution in [1.82, 2.24) is 4.90 Å². The van der Waals surface area contributed by atoms with Crippen molar-refractivity contribution in [3.63, 3.8) is 0 Å². The van der Waals surface area contributed by atoms with Crippen molar-refractivity contribution < 1.29 is 4.42 Å². The van der Waals surface area contributed by atoms with Gasteiger partial charge in [0, 0.05) is 12.6 Å². The van der Waals surface area contributed by atoms with E-state index in [-0.39, 0.29) is 0 Å². The van der Waals surface area contributed by atoms with Crippen molar-refractivity contribution in [2.24, 2.45) is 11.7 Å². The summed E-state index contributed by atoms with van der Waals surface area (Å²) in [6, 6.07) is 4.82. The average Bonchev–Trinajstić information content (AvgIpc) is 2.98. The zero-order chi connectivity index (χ0) is 13.0. The van der Waals surface area contributed by atoms with E-state index >= 15 is 0 Å². The third-order valence-electron chi connectivity index (χ3n) is 3.72. The van der Waals surface area contributed by atoms with Crippen LogP contribution in [0.2, 0.25) is 0 Å². The molecular weight excluding hydrogens is 224 g/mol. The summed E-state index contributed by atoms with van der Waals surface area (Å²) < 4.78 is 5.74. The quantitative estimate of drug-likeness (QED) is 0.843. The van der Waals surface area contributed by atoms with E-state index in [1.807, 2.05) is 6.07 Å². The monoisotopic (exact) mass is 250 g/mol. The highest BCUT2D eigenvalue weighted by Crippen LogP contribution is 2.26. The lowest BCUT2D eigenvalue weighted by atomic mass is 10.1. The fourth-order valence-electron chi connectivity index (χ4n) is 2.90. The Morgan fingerprint density at radius 3 is 2.50 bits per heavy atom. The number of furan rings is 1. The molecule has 102 valence electrons. The summed E-state index contributed by atoms with van der Waals surface area (Å²) in [5.41, 5.74) is 5.59. The molecule has 0 atom stereocenters. The number of hydrogen-bond donors (Lipinski definition) is 1. The Hall–Kier alpha value is -0.800. The van der Waals surface area contributed by atoms with Gasteiger partial charge in [-0.15, -0.1) is 0 Å². The van der Waals surface area contributed by atoms with E-state index in [1.165, 1.54) is 25.7 Å². The SMILES string of the molecule is CC(C)CN(Cc1ccc(CN)o1)C1CCCC1. The van der Waals surface area contributed by atoms with Crippen molar-refractivity contribution in [2.45, 2.75) is 58.7 Å². The molecule has 1 heterocycles. The zero-order valence-electron chi connectivity index (χ0n) is 11.7. The van der Waals surface area contributed by atoms with Crippen molar-refractivity contribution >= 4 is 0 Å². The summed E-state index contributed by atoms with van der Waals surface area (Å²) in [5, 5.41) is 0. The van der Waals surface area contributed by atoms with Crippen molar-refractivity contribution in [2.75, 3.05) is 6.54 Å². The van der Waals surface area contributed by atoms with Crippen LogP contribution in [-0.2, 0) is 13.1 Å². The Balaban J connectivity index is 1.99. The van der Waals surface area contributed by atoms with Gasteiger partial charge in [-0.1, -0.05) is 26.7 Å². The van der Waals surface area contributed by atoms with Crippen molar-refractivity contribution in [1.29, 1.82) is 0 Å². The summed E-state index contributed by atoms with van der Waals surface area (Å²) in [6.07, 6.45) is 5.45. The molecular formula is C15H26N2O. The molecule has 0 spiro atoms. The van der Waals surface area contributed by atoms with E-state index in [1.54, 1.807) is 0 Å². The van der Waals surface area contributed by atoms with Crippen LogP contribution in [0.1, 0.15) is 51.1 Å². The molecule has 1 aromatic rings. The average molecular weight is 250 g/mol.